The fraction of sp³-hybridized carbons (Fsp3) is 0.375. The van der Waals surface area contributed by atoms with Gasteiger partial charge in [-0.05, 0) is 35.5 Å². The van der Waals surface area contributed by atoms with E-state index in [2.05, 4.69) is 4.90 Å². The highest BCUT2D eigenvalue weighted by Crippen LogP contribution is 2.32. The molecule has 7 heteroatoms. The first-order valence-electron chi connectivity index (χ1n) is 7.37. The van der Waals surface area contributed by atoms with Gasteiger partial charge in [0.05, 0.1) is 31.9 Å². The minimum atomic E-state index is -0.234. The normalized spacial score (nSPS) is 21.3. The molecular weight excluding hydrogens is 316 g/mol. The van der Waals surface area contributed by atoms with E-state index in [0.717, 1.165) is 36.2 Å². The lowest BCUT2D eigenvalue weighted by molar-refractivity contribution is -0.125. The molecule has 23 heavy (non-hydrogen) atoms. The van der Waals surface area contributed by atoms with Crippen LogP contribution in [0.15, 0.2) is 29.2 Å². The minimum Gasteiger partial charge on any atom is -0.497 e. The number of hydrogen-bond acceptors (Lipinski definition) is 6. The number of rotatable bonds is 4. The Morgan fingerprint density at radius 2 is 1.91 bits per heavy atom. The van der Waals surface area contributed by atoms with Gasteiger partial charge in [0.15, 0.2) is 0 Å². The topological polar surface area (TPSA) is 59.1 Å². The van der Waals surface area contributed by atoms with E-state index >= 15 is 0 Å². The number of ether oxygens (including phenoxy) is 2. The molecule has 2 aliphatic rings. The van der Waals surface area contributed by atoms with Gasteiger partial charge in [0.1, 0.15) is 5.75 Å². The van der Waals surface area contributed by atoms with Crippen LogP contribution >= 0.6 is 11.8 Å². The number of hydrogen-bond donors (Lipinski definition) is 0. The maximum Gasteiger partial charge on any atom is 0.294 e. The number of methoxy groups -OCH3 is 1. The van der Waals surface area contributed by atoms with Crippen LogP contribution in [0.25, 0.3) is 6.08 Å². The van der Waals surface area contributed by atoms with Crippen molar-refractivity contribution in [1.82, 2.24) is 9.80 Å². The lowest BCUT2D eigenvalue weighted by Gasteiger charge is -2.29. The van der Waals surface area contributed by atoms with Crippen molar-refractivity contribution in [1.29, 1.82) is 0 Å². The maximum atomic E-state index is 12.5. The molecule has 6 nitrogen and oxygen atoms in total. The number of imide groups is 1. The molecule has 2 amide bonds. The number of thioether (sulfide) groups is 1. The smallest absolute Gasteiger partial charge is 0.294 e. The van der Waals surface area contributed by atoms with Gasteiger partial charge >= 0.3 is 0 Å². The summed E-state index contributed by atoms with van der Waals surface area (Å²) >= 11 is 0.985. The van der Waals surface area contributed by atoms with E-state index in [1.807, 2.05) is 24.3 Å². The van der Waals surface area contributed by atoms with Crippen LogP contribution in [0.5, 0.6) is 5.75 Å². The van der Waals surface area contributed by atoms with Crippen LogP contribution in [0.2, 0.25) is 0 Å². The molecule has 0 atom stereocenters. The second kappa shape index (κ2) is 7.16. The van der Waals surface area contributed by atoms with Crippen LogP contribution in [0.1, 0.15) is 5.56 Å². The zero-order chi connectivity index (χ0) is 16.2. The summed E-state index contributed by atoms with van der Waals surface area (Å²) in [4.78, 5) is 28.4. The number of benzene rings is 1. The highest BCUT2D eigenvalue weighted by molar-refractivity contribution is 8.18. The predicted octanol–water partition coefficient (Wildman–Crippen LogP) is 2.02. The molecule has 0 aliphatic carbocycles. The summed E-state index contributed by atoms with van der Waals surface area (Å²) in [6.07, 6.45) is 1.74. The van der Waals surface area contributed by atoms with E-state index in [0.29, 0.717) is 24.8 Å². The van der Waals surface area contributed by atoms with Gasteiger partial charge in [0.2, 0.25) is 0 Å². The number of carbonyl (C=O) groups is 2. The van der Waals surface area contributed by atoms with Gasteiger partial charge in [-0.15, -0.1) is 0 Å². The van der Waals surface area contributed by atoms with Crippen LogP contribution in [0.3, 0.4) is 0 Å². The van der Waals surface area contributed by atoms with Crippen LogP contribution in [0, 0.1) is 0 Å². The molecule has 2 saturated heterocycles. The third-order valence-electron chi connectivity index (χ3n) is 3.73. The van der Waals surface area contributed by atoms with Crippen molar-refractivity contribution < 1.29 is 19.1 Å². The fourth-order valence-corrected chi connectivity index (χ4v) is 3.25. The number of nitrogens with zero attached hydrogens (tertiary/aromatic N) is 2. The monoisotopic (exact) mass is 334 g/mol. The summed E-state index contributed by atoms with van der Waals surface area (Å²) in [5.74, 6) is 0.518. The molecule has 0 N–H and O–H groups in total. The average Bonchev–Trinajstić information content (AvgIpc) is 2.84. The van der Waals surface area contributed by atoms with Crippen molar-refractivity contribution in [2.75, 3.05) is 40.1 Å². The quantitative estimate of drug-likeness (QED) is 0.785. The first kappa shape index (κ1) is 16.0. The Balaban J connectivity index is 1.70. The van der Waals surface area contributed by atoms with Gasteiger partial charge in [-0.25, -0.2) is 0 Å². The number of carbonyl (C=O) groups excluding carboxylic acids is 2. The third-order valence-corrected chi connectivity index (χ3v) is 4.64. The molecule has 2 heterocycles. The summed E-state index contributed by atoms with van der Waals surface area (Å²) in [7, 11) is 1.60. The second-order valence-electron chi connectivity index (χ2n) is 5.25. The third kappa shape index (κ3) is 3.74. The molecule has 0 saturated carbocycles. The summed E-state index contributed by atoms with van der Waals surface area (Å²) in [6, 6.07) is 7.36. The van der Waals surface area contributed by atoms with E-state index in [1.165, 1.54) is 4.90 Å². The van der Waals surface area contributed by atoms with Gasteiger partial charge in [-0.3, -0.25) is 19.4 Å². The van der Waals surface area contributed by atoms with Gasteiger partial charge in [0, 0.05) is 13.1 Å². The standard InChI is InChI=1S/C16H18N2O4S/c1-21-13-4-2-12(3-5-13)10-14-15(19)18(16(20)23-14)11-17-6-8-22-9-7-17/h2-5,10H,6-9,11H2,1H3/b14-10+. The summed E-state index contributed by atoms with van der Waals surface area (Å²) in [6.45, 7) is 3.07. The van der Waals surface area contributed by atoms with Crippen LogP contribution < -0.4 is 4.74 Å². The minimum absolute atomic E-state index is 0.221. The molecular formula is C16H18N2O4S. The van der Waals surface area contributed by atoms with E-state index in [1.54, 1.807) is 13.2 Å². The van der Waals surface area contributed by atoms with Crippen LogP contribution in [-0.4, -0.2) is 61.0 Å². The molecule has 1 aromatic rings. The highest BCUT2D eigenvalue weighted by Gasteiger charge is 2.36. The van der Waals surface area contributed by atoms with Crippen molar-refractivity contribution in [3.63, 3.8) is 0 Å². The molecule has 0 aromatic heterocycles. The lowest BCUT2D eigenvalue weighted by Crippen LogP contribution is -2.45. The van der Waals surface area contributed by atoms with Crippen molar-refractivity contribution in [2.45, 2.75) is 0 Å². The first-order chi connectivity index (χ1) is 11.2. The Morgan fingerprint density at radius 1 is 1.22 bits per heavy atom. The second-order valence-corrected chi connectivity index (χ2v) is 6.25. The number of amides is 2. The molecule has 1 aromatic carbocycles. The van der Waals surface area contributed by atoms with Crippen molar-refractivity contribution in [2.24, 2.45) is 0 Å². The van der Waals surface area contributed by atoms with Gasteiger partial charge in [-0.2, -0.15) is 0 Å². The Morgan fingerprint density at radius 3 is 2.57 bits per heavy atom. The molecule has 0 radical (unpaired) electrons. The molecule has 2 aliphatic heterocycles. The van der Waals surface area contributed by atoms with Crippen molar-refractivity contribution in [3.05, 3.63) is 34.7 Å². The molecule has 0 spiro atoms. The van der Waals surface area contributed by atoms with Crippen LogP contribution in [0.4, 0.5) is 4.79 Å². The molecule has 0 bridgehead atoms. The first-order valence-corrected chi connectivity index (χ1v) is 8.18. The van der Waals surface area contributed by atoms with Crippen LogP contribution in [-0.2, 0) is 9.53 Å². The molecule has 0 unspecified atom stereocenters. The zero-order valence-electron chi connectivity index (χ0n) is 12.9. The van der Waals surface area contributed by atoms with E-state index < -0.39 is 0 Å². The Labute approximate surface area is 139 Å². The maximum absolute atomic E-state index is 12.5. The Bertz CT molecular complexity index is 623. The average molecular weight is 334 g/mol. The van der Waals surface area contributed by atoms with Gasteiger partial charge in [0.25, 0.3) is 11.1 Å². The van der Waals surface area contributed by atoms with Gasteiger partial charge in [-0.1, -0.05) is 12.1 Å². The van der Waals surface area contributed by atoms with E-state index in [-0.39, 0.29) is 11.1 Å². The van der Waals surface area contributed by atoms with Crippen molar-refractivity contribution >= 4 is 29.0 Å². The lowest BCUT2D eigenvalue weighted by atomic mass is 10.2. The van der Waals surface area contributed by atoms with Gasteiger partial charge < -0.3 is 9.47 Å². The Kier molecular flexibility index (Phi) is 5.00. The SMILES string of the molecule is COc1ccc(/C=C2/SC(=O)N(CN3CCOCC3)C2=O)cc1. The van der Waals surface area contributed by atoms with Crippen molar-refractivity contribution in [3.8, 4) is 5.75 Å². The van der Waals surface area contributed by atoms with E-state index in [4.69, 9.17) is 9.47 Å². The number of morpholine rings is 1. The Hall–Kier alpha value is -1.83. The molecule has 2 fully saturated rings. The van der Waals surface area contributed by atoms with E-state index in [9.17, 15) is 9.59 Å². The molecule has 3 rings (SSSR count). The zero-order valence-corrected chi connectivity index (χ0v) is 13.7. The fourth-order valence-electron chi connectivity index (χ4n) is 2.42. The summed E-state index contributed by atoms with van der Waals surface area (Å²) in [5, 5.41) is -0.221. The summed E-state index contributed by atoms with van der Waals surface area (Å²) < 4.78 is 10.4. The largest absolute Gasteiger partial charge is 0.497 e. The molecule has 122 valence electrons. The highest BCUT2D eigenvalue weighted by atomic mass is 32.2. The summed E-state index contributed by atoms with van der Waals surface area (Å²) in [5.41, 5.74) is 0.864. The predicted molar refractivity (Wildman–Crippen MR) is 88.1 cm³/mol.